The van der Waals surface area contributed by atoms with Gasteiger partial charge >= 0.3 is 6.09 Å². The highest BCUT2D eigenvalue weighted by Crippen LogP contribution is 2.33. The van der Waals surface area contributed by atoms with Crippen LogP contribution in [0, 0.1) is 17.2 Å². The molecule has 3 heterocycles. The van der Waals surface area contributed by atoms with Crippen molar-refractivity contribution in [2.45, 2.75) is 24.8 Å². The minimum absolute atomic E-state index is 0.0654. The lowest BCUT2D eigenvalue weighted by atomic mass is 9.93. The first kappa shape index (κ1) is 22.8. The second-order valence-electron chi connectivity index (χ2n) is 8.51. The molecule has 2 aliphatic rings. The number of amides is 2. The standard InChI is InChI=1S/C23H25ClN6O3/c1-28(23(32)33)20-14-30(13-19(20)16-2-4-18(24)5-3-16)21(31)17-6-8-29(9-7-17)22-26-11-15(10-25)12-27-22/h2-5,11-12,17,19-20H,6-9,13-14H2,1H3,(H,32,33)/t19-,20+/m0/s1. The number of likely N-dealkylation sites (tertiary alicyclic amines) is 1. The molecule has 2 aromatic rings. The molecule has 2 aliphatic heterocycles. The zero-order valence-corrected chi connectivity index (χ0v) is 19.0. The average Bonchev–Trinajstić information content (AvgIpc) is 3.29. The van der Waals surface area contributed by atoms with Crippen LogP contribution in [0.15, 0.2) is 36.7 Å². The molecule has 0 unspecified atom stereocenters. The number of anilines is 1. The Bertz CT molecular complexity index is 1050. The van der Waals surface area contributed by atoms with Crippen LogP contribution in [0.3, 0.4) is 0 Å². The molecule has 0 saturated carbocycles. The molecule has 1 N–H and O–H groups in total. The maximum absolute atomic E-state index is 13.3. The fraction of sp³-hybridized carbons (Fsp3) is 0.435. The summed E-state index contributed by atoms with van der Waals surface area (Å²) in [6.45, 7) is 2.14. The fourth-order valence-corrected chi connectivity index (χ4v) is 4.79. The van der Waals surface area contributed by atoms with Crippen LogP contribution in [-0.4, -0.2) is 76.1 Å². The van der Waals surface area contributed by atoms with Gasteiger partial charge in [0.2, 0.25) is 11.9 Å². The lowest BCUT2D eigenvalue weighted by molar-refractivity contribution is -0.135. The number of benzene rings is 1. The summed E-state index contributed by atoms with van der Waals surface area (Å²) < 4.78 is 0. The molecule has 10 heteroatoms. The van der Waals surface area contributed by atoms with Crippen molar-refractivity contribution in [2.75, 3.05) is 38.1 Å². The van der Waals surface area contributed by atoms with Crippen molar-refractivity contribution in [1.29, 1.82) is 5.26 Å². The largest absolute Gasteiger partial charge is 0.465 e. The lowest BCUT2D eigenvalue weighted by Crippen LogP contribution is -2.44. The van der Waals surface area contributed by atoms with Gasteiger partial charge in [0.1, 0.15) is 6.07 Å². The predicted octanol–water partition coefficient (Wildman–Crippen LogP) is 2.82. The van der Waals surface area contributed by atoms with Gasteiger partial charge in [-0.05, 0) is 30.5 Å². The van der Waals surface area contributed by atoms with Gasteiger partial charge in [0, 0.05) is 50.1 Å². The Kier molecular flexibility index (Phi) is 6.65. The molecule has 4 rings (SSSR count). The van der Waals surface area contributed by atoms with Crippen LogP contribution < -0.4 is 4.90 Å². The van der Waals surface area contributed by atoms with E-state index in [-0.39, 0.29) is 23.8 Å². The van der Waals surface area contributed by atoms with Gasteiger partial charge in [0.25, 0.3) is 0 Å². The first-order valence-electron chi connectivity index (χ1n) is 10.8. The number of halogens is 1. The quantitative estimate of drug-likeness (QED) is 0.733. The molecule has 0 spiro atoms. The monoisotopic (exact) mass is 468 g/mol. The van der Waals surface area contributed by atoms with E-state index in [0.29, 0.717) is 55.6 Å². The van der Waals surface area contributed by atoms with Crippen molar-refractivity contribution in [1.82, 2.24) is 19.8 Å². The normalized spacial score (nSPS) is 21.0. The van der Waals surface area contributed by atoms with Crippen molar-refractivity contribution in [2.24, 2.45) is 5.92 Å². The summed E-state index contributed by atoms with van der Waals surface area (Å²) in [7, 11) is 1.56. The van der Waals surface area contributed by atoms with E-state index in [1.54, 1.807) is 19.2 Å². The number of nitrogens with zero attached hydrogens (tertiary/aromatic N) is 6. The summed E-state index contributed by atoms with van der Waals surface area (Å²) >= 11 is 6.02. The van der Waals surface area contributed by atoms with Gasteiger partial charge in [-0.15, -0.1) is 0 Å². The molecule has 33 heavy (non-hydrogen) atoms. The molecular weight excluding hydrogens is 444 g/mol. The van der Waals surface area contributed by atoms with E-state index in [1.165, 1.54) is 17.3 Å². The second kappa shape index (κ2) is 9.63. The fourth-order valence-electron chi connectivity index (χ4n) is 4.67. The zero-order chi connectivity index (χ0) is 23.5. The SMILES string of the molecule is CN(C(=O)O)[C@@H]1CN(C(=O)C2CCN(c3ncc(C#N)cn3)CC2)C[C@H]1c1ccc(Cl)cc1. The highest BCUT2D eigenvalue weighted by molar-refractivity contribution is 6.30. The number of carboxylic acid groups (broad SMARTS) is 1. The average molecular weight is 469 g/mol. The third kappa shape index (κ3) is 4.86. The first-order chi connectivity index (χ1) is 15.9. The molecule has 1 aromatic heterocycles. The molecular formula is C23H25ClN6O3. The van der Waals surface area contributed by atoms with Crippen LogP contribution >= 0.6 is 11.6 Å². The molecule has 2 fully saturated rings. The predicted molar refractivity (Wildman–Crippen MR) is 122 cm³/mol. The zero-order valence-electron chi connectivity index (χ0n) is 18.3. The Morgan fingerprint density at radius 3 is 2.36 bits per heavy atom. The summed E-state index contributed by atoms with van der Waals surface area (Å²) in [5.41, 5.74) is 1.38. The molecule has 1 aromatic carbocycles. The van der Waals surface area contributed by atoms with E-state index < -0.39 is 6.09 Å². The lowest BCUT2D eigenvalue weighted by Gasteiger charge is -2.33. The van der Waals surface area contributed by atoms with Gasteiger partial charge in [-0.2, -0.15) is 5.26 Å². The number of hydrogen-bond acceptors (Lipinski definition) is 6. The Balaban J connectivity index is 1.43. The Morgan fingerprint density at radius 2 is 1.79 bits per heavy atom. The summed E-state index contributed by atoms with van der Waals surface area (Å²) in [5.74, 6) is 0.390. The summed E-state index contributed by atoms with van der Waals surface area (Å²) in [4.78, 5) is 38.6. The van der Waals surface area contributed by atoms with Crippen LogP contribution in [0.2, 0.25) is 5.02 Å². The van der Waals surface area contributed by atoms with E-state index in [2.05, 4.69) is 9.97 Å². The maximum Gasteiger partial charge on any atom is 0.407 e. The van der Waals surface area contributed by atoms with Gasteiger partial charge in [-0.3, -0.25) is 4.79 Å². The number of aromatic nitrogens is 2. The van der Waals surface area contributed by atoms with Crippen molar-refractivity contribution in [3.8, 4) is 6.07 Å². The van der Waals surface area contributed by atoms with Crippen LogP contribution in [0.4, 0.5) is 10.7 Å². The minimum atomic E-state index is -1.01. The van der Waals surface area contributed by atoms with Crippen LogP contribution in [0.5, 0.6) is 0 Å². The first-order valence-corrected chi connectivity index (χ1v) is 11.2. The third-order valence-electron chi connectivity index (χ3n) is 6.59. The molecule has 0 radical (unpaired) electrons. The van der Waals surface area contributed by atoms with Gasteiger partial charge < -0.3 is 19.8 Å². The number of carbonyl (C=O) groups excluding carboxylic acids is 1. The second-order valence-corrected chi connectivity index (χ2v) is 8.94. The van der Waals surface area contributed by atoms with Crippen molar-refractivity contribution in [3.63, 3.8) is 0 Å². The number of rotatable bonds is 4. The topological polar surface area (TPSA) is 114 Å². The number of hydrogen-bond donors (Lipinski definition) is 1. The molecule has 2 saturated heterocycles. The van der Waals surface area contributed by atoms with Crippen LogP contribution in [-0.2, 0) is 4.79 Å². The van der Waals surface area contributed by atoms with Gasteiger partial charge in [-0.1, -0.05) is 23.7 Å². The summed E-state index contributed by atoms with van der Waals surface area (Å²) in [5, 5.41) is 19.1. The molecule has 9 nitrogen and oxygen atoms in total. The Morgan fingerprint density at radius 1 is 1.15 bits per heavy atom. The highest BCUT2D eigenvalue weighted by atomic mass is 35.5. The number of carbonyl (C=O) groups is 2. The molecule has 0 bridgehead atoms. The third-order valence-corrected chi connectivity index (χ3v) is 6.84. The molecule has 0 aliphatic carbocycles. The van der Waals surface area contributed by atoms with Crippen molar-refractivity contribution >= 4 is 29.5 Å². The number of nitriles is 1. The van der Waals surface area contributed by atoms with E-state index in [4.69, 9.17) is 16.9 Å². The van der Waals surface area contributed by atoms with Gasteiger partial charge in [0.15, 0.2) is 0 Å². The smallest absolute Gasteiger partial charge is 0.407 e. The maximum atomic E-state index is 13.3. The van der Waals surface area contributed by atoms with E-state index >= 15 is 0 Å². The number of likely N-dealkylation sites (N-methyl/N-ethyl adjacent to an activating group) is 1. The molecule has 2 amide bonds. The molecule has 172 valence electrons. The van der Waals surface area contributed by atoms with Crippen molar-refractivity contribution in [3.05, 3.63) is 52.8 Å². The number of piperidine rings is 1. The Hall–Kier alpha value is -3.38. The van der Waals surface area contributed by atoms with Crippen LogP contribution in [0.25, 0.3) is 0 Å². The summed E-state index contributed by atoms with van der Waals surface area (Å²) in [6, 6.07) is 9.08. The highest BCUT2D eigenvalue weighted by Gasteiger charge is 2.42. The minimum Gasteiger partial charge on any atom is -0.465 e. The van der Waals surface area contributed by atoms with Gasteiger partial charge in [-0.25, -0.2) is 14.8 Å². The molecule has 2 atom stereocenters. The summed E-state index contributed by atoms with van der Waals surface area (Å²) in [6.07, 6.45) is 3.33. The van der Waals surface area contributed by atoms with E-state index in [9.17, 15) is 14.7 Å². The van der Waals surface area contributed by atoms with Gasteiger partial charge in [0.05, 0.1) is 24.0 Å². The van der Waals surface area contributed by atoms with E-state index in [1.807, 2.05) is 28.0 Å². The van der Waals surface area contributed by atoms with E-state index in [0.717, 1.165) is 5.56 Å². The van der Waals surface area contributed by atoms with Crippen LogP contribution in [0.1, 0.15) is 29.9 Å². The Labute approximate surface area is 197 Å². The van der Waals surface area contributed by atoms with Crippen molar-refractivity contribution < 1.29 is 14.7 Å².